The highest BCUT2D eigenvalue weighted by Crippen LogP contribution is 2.39. The van der Waals surface area contributed by atoms with Gasteiger partial charge < -0.3 is 5.32 Å². The van der Waals surface area contributed by atoms with E-state index in [9.17, 15) is 0 Å². The molecule has 1 saturated carbocycles. The van der Waals surface area contributed by atoms with Gasteiger partial charge >= 0.3 is 0 Å². The maximum atomic E-state index is 4.12. The van der Waals surface area contributed by atoms with Gasteiger partial charge in [-0.1, -0.05) is 26.7 Å². The van der Waals surface area contributed by atoms with E-state index in [-0.39, 0.29) is 0 Å². The van der Waals surface area contributed by atoms with Crippen molar-refractivity contribution in [2.24, 2.45) is 11.3 Å². The molecule has 0 saturated heterocycles. The van der Waals surface area contributed by atoms with Gasteiger partial charge in [0.2, 0.25) is 0 Å². The number of pyridine rings is 1. The lowest BCUT2D eigenvalue weighted by Crippen LogP contribution is -2.45. The normalized spacial score (nSPS) is 26.2. The first-order chi connectivity index (χ1) is 10.2. The van der Waals surface area contributed by atoms with Crippen LogP contribution < -0.4 is 5.32 Å². The van der Waals surface area contributed by atoms with Gasteiger partial charge in [-0.15, -0.1) is 0 Å². The number of hydrogen-bond donors (Lipinski definition) is 1. The lowest BCUT2D eigenvalue weighted by molar-refractivity contribution is 0.0871. The highest BCUT2D eigenvalue weighted by atomic mass is 15.1. The van der Waals surface area contributed by atoms with Gasteiger partial charge in [-0.3, -0.25) is 9.88 Å². The fourth-order valence-electron chi connectivity index (χ4n) is 3.64. The Balaban J connectivity index is 2.00. The summed E-state index contributed by atoms with van der Waals surface area (Å²) in [6, 6.07) is 4.27. The van der Waals surface area contributed by atoms with Crippen molar-refractivity contribution < 1.29 is 0 Å². The second kappa shape index (κ2) is 7.90. The standard InChI is InChI=1S/C18H31N3/c1-4-21(13-17-7-11-20-12-8-17)15-18(14-19-3)9-5-16(2)6-10-18/h7-8,11-12,16,19H,4-6,9-10,13-15H2,1-3H3. The molecule has 0 unspecified atom stereocenters. The molecule has 3 heteroatoms. The second-order valence-electron chi connectivity index (χ2n) is 6.87. The Bertz CT molecular complexity index is 396. The molecule has 0 amide bonds. The summed E-state index contributed by atoms with van der Waals surface area (Å²) in [5.74, 6) is 0.908. The predicted octanol–water partition coefficient (Wildman–Crippen LogP) is 3.32. The van der Waals surface area contributed by atoms with Crippen molar-refractivity contribution in [1.82, 2.24) is 15.2 Å². The molecule has 21 heavy (non-hydrogen) atoms. The number of aromatic nitrogens is 1. The molecule has 1 aliphatic rings. The fraction of sp³-hybridized carbons (Fsp3) is 0.722. The van der Waals surface area contributed by atoms with Gasteiger partial charge in [0.15, 0.2) is 0 Å². The van der Waals surface area contributed by atoms with Crippen LogP contribution in [0, 0.1) is 11.3 Å². The Hall–Kier alpha value is -0.930. The topological polar surface area (TPSA) is 28.2 Å². The van der Waals surface area contributed by atoms with E-state index in [1.165, 1.54) is 37.8 Å². The van der Waals surface area contributed by atoms with Crippen molar-refractivity contribution in [1.29, 1.82) is 0 Å². The van der Waals surface area contributed by atoms with Crippen LogP contribution in [0.3, 0.4) is 0 Å². The highest BCUT2D eigenvalue weighted by Gasteiger charge is 2.34. The summed E-state index contributed by atoms with van der Waals surface area (Å²) in [4.78, 5) is 6.72. The zero-order chi connectivity index (χ0) is 15.1. The zero-order valence-electron chi connectivity index (χ0n) is 13.9. The Kier molecular flexibility index (Phi) is 6.19. The molecule has 1 aromatic heterocycles. The van der Waals surface area contributed by atoms with Gasteiger partial charge in [-0.05, 0) is 55.5 Å². The Morgan fingerprint density at radius 2 is 1.95 bits per heavy atom. The van der Waals surface area contributed by atoms with Gasteiger partial charge in [-0.2, -0.15) is 0 Å². The van der Waals surface area contributed by atoms with E-state index in [1.807, 2.05) is 12.4 Å². The van der Waals surface area contributed by atoms with Crippen LogP contribution >= 0.6 is 0 Å². The minimum absolute atomic E-state index is 0.463. The van der Waals surface area contributed by atoms with Gasteiger partial charge in [-0.25, -0.2) is 0 Å². The highest BCUT2D eigenvalue weighted by molar-refractivity contribution is 5.09. The van der Waals surface area contributed by atoms with Gasteiger partial charge in [0.1, 0.15) is 0 Å². The van der Waals surface area contributed by atoms with Crippen molar-refractivity contribution in [2.75, 3.05) is 26.7 Å². The zero-order valence-corrected chi connectivity index (χ0v) is 13.9. The van der Waals surface area contributed by atoms with Gasteiger partial charge in [0.25, 0.3) is 0 Å². The van der Waals surface area contributed by atoms with Gasteiger partial charge in [0.05, 0.1) is 0 Å². The summed E-state index contributed by atoms with van der Waals surface area (Å²) in [5, 5.41) is 3.45. The van der Waals surface area contributed by atoms with Crippen LogP contribution in [-0.4, -0.2) is 36.6 Å². The van der Waals surface area contributed by atoms with Crippen molar-refractivity contribution in [2.45, 2.75) is 46.1 Å². The minimum atomic E-state index is 0.463. The summed E-state index contributed by atoms with van der Waals surface area (Å²) in [6.45, 7) is 9.19. The van der Waals surface area contributed by atoms with E-state index >= 15 is 0 Å². The van der Waals surface area contributed by atoms with Crippen LogP contribution in [0.5, 0.6) is 0 Å². The summed E-state index contributed by atoms with van der Waals surface area (Å²) >= 11 is 0. The van der Waals surface area contributed by atoms with Crippen LogP contribution in [0.2, 0.25) is 0 Å². The first kappa shape index (κ1) is 16.4. The SMILES string of the molecule is CCN(Cc1ccncc1)CC1(CNC)CCC(C)CC1. The van der Waals surface area contributed by atoms with Crippen LogP contribution in [0.4, 0.5) is 0 Å². The molecule has 1 N–H and O–H groups in total. The van der Waals surface area contributed by atoms with E-state index in [4.69, 9.17) is 0 Å². The first-order valence-electron chi connectivity index (χ1n) is 8.43. The third kappa shape index (κ3) is 4.79. The van der Waals surface area contributed by atoms with Crippen molar-refractivity contribution in [3.8, 4) is 0 Å². The molecule has 0 aliphatic heterocycles. The maximum absolute atomic E-state index is 4.12. The number of hydrogen-bond acceptors (Lipinski definition) is 3. The minimum Gasteiger partial charge on any atom is -0.319 e. The smallest absolute Gasteiger partial charge is 0.0271 e. The third-order valence-electron chi connectivity index (χ3n) is 5.05. The monoisotopic (exact) mass is 289 g/mol. The summed E-state index contributed by atoms with van der Waals surface area (Å²) in [7, 11) is 2.10. The van der Waals surface area contributed by atoms with E-state index in [0.29, 0.717) is 5.41 Å². The molecular formula is C18H31N3. The Morgan fingerprint density at radius 1 is 1.29 bits per heavy atom. The van der Waals surface area contributed by atoms with Gasteiger partial charge in [0, 0.05) is 32.0 Å². The van der Waals surface area contributed by atoms with Crippen molar-refractivity contribution in [3.05, 3.63) is 30.1 Å². The number of nitrogens with zero attached hydrogens (tertiary/aromatic N) is 2. The molecule has 0 atom stereocenters. The third-order valence-corrected chi connectivity index (χ3v) is 5.05. The Labute approximate surface area is 130 Å². The van der Waals surface area contributed by atoms with E-state index in [0.717, 1.165) is 25.6 Å². The molecule has 1 heterocycles. The maximum Gasteiger partial charge on any atom is 0.0271 e. The van der Waals surface area contributed by atoms with Crippen LogP contribution in [0.1, 0.15) is 45.1 Å². The summed E-state index contributed by atoms with van der Waals surface area (Å²) in [6.07, 6.45) is 9.29. The van der Waals surface area contributed by atoms with E-state index in [1.54, 1.807) is 0 Å². The molecule has 0 spiro atoms. The molecule has 118 valence electrons. The Morgan fingerprint density at radius 3 is 2.52 bits per heavy atom. The molecular weight excluding hydrogens is 258 g/mol. The van der Waals surface area contributed by atoms with Crippen molar-refractivity contribution in [3.63, 3.8) is 0 Å². The summed E-state index contributed by atoms with van der Waals surface area (Å²) < 4.78 is 0. The quantitative estimate of drug-likeness (QED) is 0.834. The van der Waals surface area contributed by atoms with Crippen LogP contribution in [0.15, 0.2) is 24.5 Å². The lowest BCUT2D eigenvalue weighted by Gasteiger charge is -2.42. The summed E-state index contributed by atoms with van der Waals surface area (Å²) in [5.41, 5.74) is 1.83. The van der Waals surface area contributed by atoms with E-state index in [2.05, 4.69) is 48.2 Å². The molecule has 1 aromatic rings. The molecule has 1 aliphatic carbocycles. The molecule has 0 bridgehead atoms. The van der Waals surface area contributed by atoms with Crippen LogP contribution in [-0.2, 0) is 6.54 Å². The van der Waals surface area contributed by atoms with E-state index < -0.39 is 0 Å². The first-order valence-corrected chi connectivity index (χ1v) is 8.43. The molecule has 1 fully saturated rings. The number of rotatable bonds is 7. The lowest BCUT2D eigenvalue weighted by atomic mass is 9.70. The second-order valence-corrected chi connectivity index (χ2v) is 6.87. The molecule has 0 aromatic carbocycles. The average molecular weight is 289 g/mol. The van der Waals surface area contributed by atoms with Crippen molar-refractivity contribution >= 4 is 0 Å². The average Bonchev–Trinajstić information content (AvgIpc) is 2.51. The molecule has 3 nitrogen and oxygen atoms in total. The largest absolute Gasteiger partial charge is 0.319 e. The predicted molar refractivity (Wildman–Crippen MR) is 89.2 cm³/mol. The van der Waals surface area contributed by atoms with Crippen LogP contribution in [0.25, 0.3) is 0 Å². The molecule has 2 rings (SSSR count). The fourth-order valence-corrected chi connectivity index (χ4v) is 3.64. The number of nitrogens with one attached hydrogen (secondary N) is 1. The molecule has 0 radical (unpaired) electrons.